The van der Waals surface area contributed by atoms with Gasteiger partial charge in [0.25, 0.3) is 7.82 Å². The third kappa shape index (κ3) is 58.7. The molecule has 75 heavy (non-hydrogen) atoms. The average Bonchev–Trinajstić information content (AvgIpc) is 3.37. The zero-order valence-corrected chi connectivity index (χ0v) is 50.1. The van der Waals surface area contributed by atoms with Crippen LogP contribution in [0.5, 0.6) is 0 Å². The number of hydrogen-bond donors (Lipinski definition) is 2. The lowest BCUT2D eigenvalue weighted by molar-refractivity contribution is -0.870. The van der Waals surface area contributed by atoms with Crippen LogP contribution in [0.3, 0.4) is 0 Å². The number of amides is 1. The molecule has 0 aliphatic rings. The number of carbonyl (C=O) groups excluding carboxylic acids is 1. The quantitative estimate of drug-likeness (QED) is 0.0272. The van der Waals surface area contributed by atoms with E-state index >= 15 is 0 Å². The number of nitrogens with one attached hydrogen (secondary N) is 1. The summed E-state index contributed by atoms with van der Waals surface area (Å²) in [6.45, 7) is 4.49. The number of unbranched alkanes of at least 4 members (excludes halogenated alkanes) is 26. The number of aliphatic hydroxyl groups is 1. The van der Waals surface area contributed by atoms with Crippen molar-refractivity contribution in [1.82, 2.24) is 5.32 Å². The minimum absolute atomic E-state index is 0.0121. The lowest BCUT2D eigenvalue weighted by Crippen LogP contribution is -2.45. The number of likely N-dealkylation sites (N-methyl/N-ethyl adjacent to an activating group) is 1. The maximum Gasteiger partial charge on any atom is 0.268 e. The Hall–Kier alpha value is -2.84. The highest BCUT2D eigenvalue weighted by Crippen LogP contribution is 2.38. The summed E-state index contributed by atoms with van der Waals surface area (Å²) in [7, 11) is 1.23. The van der Waals surface area contributed by atoms with Crippen molar-refractivity contribution in [3.05, 3.63) is 109 Å². The van der Waals surface area contributed by atoms with Gasteiger partial charge in [0.2, 0.25) is 5.91 Å². The molecule has 0 aromatic carbocycles. The first-order chi connectivity index (χ1) is 36.5. The molecule has 0 heterocycles. The van der Waals surface area contributed by atoms with Gasteiger partial charge < -0.3 is 28.8 Å². The summed E-state index contributed by atoms with van der Waals surface area (Å²) >= 11 is 0. The van der Waals surface area contributed by atoms with Gasteiger partial charge in [-0.05, 0) is 96.3 Å². The fraction of sp³-hybridized carbons (Fsp3) is 0.712. The Kier molecular flexibility index (Phi) is 53.8. The Morgan fingerprint density at radius 3 is 1.24 bits per heavy atom. The molecule has 8 nitrogen and oxygen atoms in total. The van der Waals surface area contributed by atoms with Gasteiger partial charge in [-0.3, -0.25) is 9.36 Å². The van der Waals surface area contributed by atoms with Gasteiger partial charge in [0.1, 0.15) is 13.2 Å². The summed E-state index contributed by atoms with van der Waals surface area (Å²) in [6, 6.07) is -0.914. The number of quaternary nitrogens is 1. The molecular weight excluding hydrogens is 948 g/mol. The van der Waals surface area contributed by atoms with Gasteiger partial charge in [0, 0.05) is 6.42 Å². The molecule has 3 unspecified atom stereocenters. The number of phosphoric ester groups is 1. The highest BCUT2D eigenvalue weighted by Gasteiger charge is 2.23. The molecule has 0 radical (unpaired) electrons. The number of nitrogens with zero attached hydrogens (tertiary/aromatic N) is 1. The molecule has 0 aromatic rings. The van der Waals surface area contributed by atoms with Crippen LogP contribution in [0, 0.1) is 0 Å². The van der Waals surface area contributed by atoms with Gasteiger partial charge in [0.05, 0.1) is 39.9 Å². The summed E-state index contributed by atoms with van der Waals surface area (Å²) in [5, 5.41) is 13.8. The summed E-state index contributed by atoms with van der Waals surface area (Å²) < 4.78 is 23.3. The van der Waals surface area contributed by atoms with Gasteiger partial charge in [-0.15, -0.1) is 0 Å². The van der Waals surface area contributed by atoms with Crippen LogP contribution in [0.15, 0.2) is 109 Å². The van der Waals surface area contributed by atoms with Crippen LogP contribution >= 0.6 is 7.82 Å². The molecule has 1 amide bonds. The molecule has 0 aliphatic carbocycles. The predicted molar refractivity (Wildman–Crippen MR) is 325 cm³/mol. The summed E-state index contributed by atoms with van der Waals surface area (Å²) in [4.78, 5) is 25.5. The van der Waals surface area contributed by atoms with Gasteiger partial charge in [0.15, 0.2) is 0 Å². The zero-order chi connectivity index (χ0) is 54.9. The monoisotopic (exact) mass is 1060 g/mol. The summed E-state index contributed by atoms with van der Waals surface area (Å²) in [5.41, 5.74) is 0. The maximum absolute atomic E-state index is 13.0. The number of allylic oxidation sites excluding steroid dienone is 17. The van der Waals surface area contributed by atoms with Crippen LogP contribution in [0.25, 0.3) is 0 Å². The Labute approximate surface area is 463 Å². The molecule has 0 aliphatic heterocycles. The second-order valence-electron chi connectivity index (χ2n) is 21.7. The SMILES string of the molecule is CC/C=C\C/C=C\C/C=C\C/C=C\C/C=C\C/C=C\CCCCCCCCCCCCCCCCCCCCC(=O)NC(COP(=O)([O-])OCC[N+](C)(C)C)C(O)/C=C/CC/C=C/CC/C=C/CCCCCCCC. The van der Waals surface area contributed by atoms with Crippen LogP contribution in [0.2, 0.25) is 0 Å². The van der Waals surface area contributed by atoms with Gasteiger partial charge >= 0.3 is 0 Å². The fourth-order valence-corrected chi connectivity index (χ4v) is 9.15. The summed E-state index contributed by atoms with van der Waals surface area (Å²) in [5.74, 6) is -0.213. The number of rotatable bonds is 55. The zero-order valence-electron chi connectivity index (χ0n) is 49.2. The molecule has 0 fully saturated rings. The number of hydrogen-bond acceptors (Lipinski definition) is 6. The van der Waals surface area contributed by atoms with Crippen LogP contribution in [0.1, 0.15) is 251 Å². The first kappa shape index (κ1) is 72.2. The van der Waals surface area contributed by atoms with Gasteiger partial charge in [-0.1, -0.05) is 258 Å². The lowest BCUT2D eigenvalue weighted by atomic mass is 10.0. The largest absolute Gasteiger partial charge is 0.756 e. The van der Waals surface area contributed by atoms with E-state index in [-0.39, 0.29) is 12.5 Å². The van der Waals surface area contributed by atoms with Crippen molar-refractivity contribution >= 4 is 13.7 Å². The van der Waals surface area contributed by atoms with Crippen molar-refractivity contribution in [3.63, 3.8) is 0 Å². The van der Waals surface area contributed by atoms with Crippen molar-refractivity contribution in [2.24, 2.45) is 0 Å². The molecule has 3 atom stereocenters. The molecule has 0 rings (SSSR count). The average molecular weight is 1070 g/mol. The molecule has 9 heteroatoms. The highest BCUT2D eigenvalue weighted by molar-refractivity contribution is 7.45. The molecule has 0 aromatic heterocycles. The second kappa shape index (κ2) is 55.9. The first-order valence-corrected chi connectivity index (χ1v) is 32.2. The lowest BCUT2D eigenvalue weighted by Gasteiger charge is -2.29. The third-order valence-corrected chi connectivity index (χ3v) is 14.2. The molecule has 0 saturated heterocycles. The summed E-state index contributed by atoms with van der Waals surface area (Å²) in [6.07, 6.45) is 81.9. The van der Waals surface area contributed by atoms with E-state index in [0.29, 0.717) is 17.4 Å². The van der Waals surface area contributed by atoms with Gasteiger partial charge in [-0.25, -0.2) is 0 Å². The van der Waals surface area contributed by atoms with E-state index in [0.717, 1.165) is 83.5 Å². The Morgan fingerprint density at radius 2 is 0.827 bits per heavy atom. The van der Waals surface area contributed by atoms with E-state index in [4.69, 9.17) is 9.05 Å². The van der Waals surface area contributed by atoms with E-state index in [9.17, 15) is 19.4 Å². The van der Waals surface area contributed by atoms with Crippen LogP contribution < -0.4 is 10.2 Å². The van der Waals surface area contributed by atoms with Crippen LogP contribution in [-0.4, -0.2) is 68.5 Å². The van der Waals surface area contributed by atoms with Crippen LogP contribution in [0.4, 0.5) is 0 Å². The standard InChI is InChI=1S/C66H117N2O6P/c1-6-8-10-12-14-16-18-20-22-24-25-26-27-28-29-30-31-32-33-34-35-36-37-38-39-40-41-42-43-44-46-48-50-52-54-56-58-60-66(70)67-64(63-74-75(71,72)73-62-61-68(3,4)5)65(69)59-57-55-53-51-49-47-45-23-21-19-17-15-13-11-9-7-2/h8,10,14,16,20-23,25-26,28-29,31-32,49,51,57,59,64-65,69H,6-7,9,11-13,15,17-19,24,27,30,33-48,50,52-56,58,60-63H2,1-5H3,(H-,67,70,71,72)/b10-8-,16-14-,22-20-,23-21+,26-25-,29-28-,32-31-,51-49+,59-57+. The van der Waals surface area contributed by atoms with Crippen molar-refractivity contribution in [2.75, 3.05) is 40.9 Å². The van der Waals surface area contributed by atoms with E-state index in [1.54, 1.807) is 6.08 Å². The minimum Gasteiger partial charge on any atom is -0.756 e. The topological polar surface area (TPSA) is 108 Å². The normalized spacial score (nSPS) is 14.6. The van der Waals surface area contributed by atoms with Crippen molar-refractivity contribution in [1.29, 1.82) is 0 Å². The van der Waals surface area contributed by atoms with E-state index in [2.05, 4.69) is 116 Å². The maximum atomic E-state index is 13.0. The van der Waals surface area contributed by atoms with Crippen molar-refractivity contribution < 1.29 is 32.9 Å². The second-order valence-corrected chi connectivity index (χ2v) is 23.1. The predicted octanol–water partition coefficient (Wildman–Crippen LogP) is 18.5. The molecular formula is C66H117N2O6P. The van der Waals surface area contributed by atoms with E-state index < -0.39 is 26.6 Å². The minimum atomic E-state index is -4.61. The molecule has 432 valence electrons. The number of aliphatic hydroxyl groups excluding tert-OH is 1. The Bertz CT molecular complexity index is 1590. The Morgan fingerprint density at radius 1 is 0.480 bits per heavy atom. The molecule has 0 saturated carbocycles. The molecule has 0 bridgehead atoms. The third-order valence-electron chi connectivity index (χ3n) is 13.2. The van der Waals surface area contributed by atoms with Crippen molar-refractivity contribution in [3.8, 4) is 0 Å². The number of carbonyl (C=O) groups is 1. The van der Waals surface area contributed by atoms with Crippen LogP contribution in [-0.2, 0) is 18.4 Å². The Balaban J connectivity index is 4.06. The number of phosphoric acid groups is 1. The molecule has 0 spiro atoms. The van der Waals surface area contributed by atoms with E-state index in [1.807, 2.05) is 27.2 Å². The van der Waals surface area contributed by atoms with Gasteiger partial charge in [-0.2, -0.15) is 0 Å². The smallest absolute Gasteiger partial charge is 0.268 e. The molecule has 2 N–H and O–H groups in total. The van der Waals surface area contributed by atoms with E-state index in [1.165, 1.54) is 148 Å². The highest BCUT2D eigenvalue weighted by atomic mass is 31.2. The van der Waals surface area contributed by atoms with Crippen molar-refractivity contribution in [2.45, 2.75) is 264 Å². The first-order valence-electron chi connectivity index (χ1n) is 30.7. The fourth-order valence-electron chi connectivity index (χ4n) is 8.42.